The average Bonchev–Trinajstić information content (AvgIpc) is 3.15. The Labute approximate surface area is 152 Å². The third kappa shape index (κ3) is 4.58. The second-order valence-corrected chi connectivity index (χ2v) is 5.86. The van der Waals surface area contributed by atoms with E-state index in [1.165, 1.54) is 10.4 Å². The maximum absolute atomic E-state index is 10.2. The molecule has 7 heteroatoms. The molecule has 0 unspecified atom stereocenters. The van der Waals surface area contributed by atoms with E-state index in [1.807, 2.05) is 48.5 Å². The van der Waals surface area contributed by atoms with Crippen LogP contribution in [0.1, 0.15) is 12.5 Å². The molecule has 1 N–H and O–H groups in total. The Kier molecular flexibility index (Phi) is 5.80. The number of ether oxygens (including phenoxy) is 2. The standard InChI is InChI=1S/C19H22N4O3/c1-3-14-7-9-17(10-8-14)26-13-16(24)12-23-21-19(20-22-23)15-5-4-6-18(11-15)25-2/h4-11,16,24H,3,12-13H2,1-2H3/t16-/m1/s1. The number of hydrogen-bond donors (Lipinski definition) is 1. The van der Waals surface area contributed by atoms with E-state index in [1.54, 1.807) is 7.11 Å². The molecule has 26 heavy (non-hydrogen) atoms. The first-order valence-electron chi connectivity index (χ1n) is 8.50. The minimum Gasteiger partial charge on any atom is -0.497 e. The van der Waals surface area contributed by atoms with Crippen molar-refractivity contribution in [2.75, 3.05) is 13.7 Å². The molecule has 3 rings (SSSR count). The smallest absolute Gasteiger partial charge is 0.205 e. The van der Waals surface area contributed by atoms with E-state index in [0.29, 0.717) is 5.82 Å². The quantitative estimate of drug-likeness (QED) is 0.669. The summed E-state index contributed by atoms with van der Waals surface area (Å²) in [5, 5.41) is 22.5. The van der Waals surface area contributed by atoms with Gasteiger partial charge in [0.2, 0.25) is 5.82 Å². The van der Waals surface area contributed by atoms with Crippen molar-refractivity contribution in [1.82, 2.24) is 20.2 Å². The molecule has 7 nitrogen and oxygen atoms in total. The highest BCUT2D eigenvalue weighted by Gasteiger charge is 2.11. The maximum Gasteiger partial charge on any atom is 0.205 e. The van der Waals surface area contributed by atoms with Crippen LogP contribution in [0.3, 0.4) is 0 Å². The van der Waals surface area contributed by atoms with Gasteiger partial charge in [0.05, 0.1) is 13.7 Å². The molecule has 0 aliphatic carbocycles. The number of aryl methyl sites for hydroxylation is 1. The van der Waals surface area contributed by atoms with Gasteiger partial charge in [-0.15, -0.1) is 10.2 Å². The third-order valence-corrected chi connectivity index (χ3v) is 3.93. The largest absolute Gasteiger partial charge is 0.497 e. The lowest BCUT2D eigenvalue weighted by Gasteiger charge is -2.11. The van der Waals surface area contributed by atoms with E-state index < -0.39 is 6.10 Å². The summed E-state index contributed by atoms with van der Waals surface area (Å²) in [5.74, 6) is 1.93. The Morgan fingerprint density at radius 2 is 1.92 bits per heavy atom. The van der Waals surface area contributed by atoms with Crippen LogP contribution >= 0.6 is 0 Å². The fourth-order valence-corrected chi connectivity index (χ4v) is 2.45. The molecule has 2 aromatic carbocycles. The Balaban J connectivity index is 1.56. The number of aromatic nitrogens is 4. The topological polar surface area (TPSA) is 82.3 Å². The van der Waals surface area contributed by atoms with Gasteiger partial charge < -0.3 is 14.6 Å². The molecular formula is C19H22N4O3. The molecule has 0 aliphatic rings. The second-order valence-electron chi connectivity index (χ2n) is 5.86. The zero-order valence-electron chi connectivity index (χ0n) is 14.9. The van der Waals surface area contributed by atoms with Crippen LogP contribution in [0.25, 0.3) is 11.4 Å². The van der Waals surface area contributed by atoms with Crippen LogP contribution in [0.4, 0.5) is 0 Å². The van der Waals surface area contributed by atoms with Gasteiger partial charge in [-0.3, -0.25) is 0 Å². The average molecular weight is 354 g/mol. The van der Waals surface area contributed by atoms with E-state index in [4.69, 9.17) is 9.47 Å². The number of methoxy groups -OCH3 is 1. The minimum atomic E-state index is -0.742. The molecule has 0 saturated carbocycles. The van der Waals surface area contributed by atoms with Gasteiger partial charge in [0.1, 0.15) is 24.2 Å². The number of aliphatic hydroxyl groups is 1. The van der Waals surface area contributed by atoms with E-state index in [0.717, 1.165) is 23.5 Å². The van der Waals surface area contributed by atoms with Crippen molar-refractivity contribution < 1.29 is 14.6 Å². The predicted octanol–water partition coefficient (Wildman–Crippen LogP) is 2.35. The normalized spacial score (nSPS) is 12.0. The van der Waals surface area contributed by atoms with E-state index >= 15 is 0 Å². The first-order valence-corrected chi connectivity index (χ1v) is 8.50. The molecule has 0 bridgehead atoms. The van der Waals surface area contributed by atoms with Gasteiger partial charge in [-0.2, -0.15) is 4.80 Å². The SMILES string of the molecule is CCc1ccc(OC[C@H](O)Cn2nnc(-c3cccc(OC)c3)n2)cc1. The van der Waals surface area contributed by atoms with Crippen molar-refractivity contribution in [2.24, 2.45) is 0 Å². The Bertz CT molecular complexity index is 833. The highest BCUT2D eigenvalue weighted by atomic mass is 16.5. The van der Waals surface area contributed by atoms with Crippen molar-refractivity contribution in [1.29, 1.82) is 0 Å². The molecule has 0 amide bonds. The number of aliphatic hydroxyl groups excluding tert-OH is 1. The summed E-state index contributed by atoms with van der Waals surface area (Å²) in [6.07, 6.45) is 0.240. The minimum absolute atomic E-state index is 0.154. The Hall–Kier alpha value is -2.93. The van der Waals surface area contributed by atoms with Crippen molar-refractivity contribution in [3.8, 4) is 22.9 Å². The predicted molar refractivity (Wildman–Crippen MR) is 97.1 cm³/mol. The van der Waals surface area contributed by atoms with Crippen LogP contribution < -0.4 is 9.47 Å². The molecule has 136 valence electrons. The van der Waals surface area contributed by atoms with E-state index in [-0.39, 0.29) is 13.2 Å². The summed E-state index contributed by atoms with van der Waals surface area (Å²) in [7, 11) is 1.61. The lowest BCUT2D eigenvalue weighted by atomic mass is 10.2. The summed E-state index contributed by atoms with van der Waals surface area (Å²) < 4.78 is 10.8. The number of hydrogen-bond acceptors (Lipinski definition) is 6. The van der Waals surface area contributed by atoms with Crippen molar-refractivity contribution in [2.45, 2.75) is 26.0 Å². The fraction of sp³-hybridized carbons (Fsp3) is 0.316. The van der Waals surface area contributed by atoms with Crippen LogP contribution in [0.15, 0.2) is 48.5 Å². The van der Waals surface area contributed by atoms with Crippen molar-refractivity contribution >= 4 is 0 Å². The second kappa shape index (κ2) is 8.44. The molecule has 0 spiro atoms. The van der Waals surface area contributed by atoms with Crippen LogP contribution in [-0.4, -0.2) is 45.1 Å². The Morgan fingerprint density at radius 1 is 1.12 bits per heavy atom. The highest BCUT2D eigenvalue weighted by molar-refractivity contribution is 5.56. The molecule has 0 radical (unpaired) electrons. The van der Waals surface area contributed by atoms with Gasteiger partial charge in [-0.05, 0) is 41.5 Å². The van der Waals surface area contributed by atoms with Crippen LogP contribution in [0.5, 0.6) is 11.5 Å². The molecule has 1 aromatic heterocycles. The van der Waals surface area contributed by atoms with Crippen LogP contribution in [0, 0.1) is 0 Å². The summed E-state index contributed by atoms with van der Waals surface area (Å²) >= 11 is 0. The molecule has 1 heterocycles. The molecule has 1 atom stereocenters. The van der Waals surface area contributed by atoms with E-state index in [9.17, 15) is 5.11 Å². The Morgan fingerprint density at radius 3 is 2.65 bits per heavy atom. The molecule has 3 aromatic rings. The first-order chi connectivity index (χ1) is 12.7. The molecule has 0 fully saturated rings. The monoisotopic (exact) mass is 354 g/mol. The molecule has 0 aliphatic heterocycles. The van der Waals surface area contributed by atoms with Crippen molar-refractivity contribution in [3.05, 3.63) is 54.1 Å². The molecule has 0 saturated heterocycles. The summed E-state index contributed by atoms with van der Waals surface area (Å²) in [4.78, 5) is 1.36. The lowest BCUT2D eigenvalue weighted by Crippen LogP contribution is -2.25. The van der Waals surface area contributed by atoms with Gasteiger partial charge in [0.25, 0.3) is 0 Å². The van der Waals surface area contributed by atoms with Gasteiger partial charge in [0, 0.05) is 5.56 Å². The zero-order valence-corrected chi connectivity index (χ0v) is 14.9. The van der Waals surface area contributed by atoms with Crippen LogP contribution in [0.2, 0.25) is 0 Å². The third-order valence-electron chi connectivity index (χ3n) is 3.93. The summed E-state index contributed by atoms with van der Waals surface area (Å²) in [5.41, 5.74) is 2.05. The van der Waals surface area contributed by atoms with Gasteiger partial charge in [-0.1, -0.05) is 31.2 Å². The number of tetrazole rings is 1. The summed E-state index contributed by atoms with van der Waals surface area (Å²) in [6, 6.07) is 15.3. The summed E-state index contributed by atoms with van der Waals surface area (Å²) in [6.45, 7) is 2.45. The number of nitrogens with zero attached hydrogens (tertiary/aromatic N) is 4. The lowest BCUT2D eigenvalue weighted by molar-refractivity contribution is 0.0850. The van der Waals surface area contributed by atoms with E-state index in [2.05, 4.69) is 22.3 Å². The zero-order chi connectivity index (χ0) is 18.4. The first kappa shape index (κ1) is 17.9. The van der Waals surface area contributed by atoms with Gasteiger partial charge in [-0.25, -0.2) is 0 Å². The maximum atomic E-state index is 10.2. The number of benzene rings is 2. The van der Waals surface area contributed by atoms with Gasteiger partial charge >= 0.3 is 0 Å². The van der Waals surface area contributed by atoms with Crippen molar-refractivity contribution in [3.63, 3.8) is 0 Å². The highest BCUT2D eigenvalue weighted by Crippen LogP contribution is 2.20. The fourth-order valence-electron chi connectivity index (χ4n) is 2.45. The number of rotatable bonds is 8. The van der Waals surface area contributed by atoms with Gasteiger partial charge in [0.15, 0.2) is 0 Å². The molecular weight excluding hydrogens is 332 g/mol. The van der Waals surface area contributed by atoms with Crippen LogP contribution in [-0.2, 0) is 13.0 Å².